The van der Waals surface area contributed by atoms with Crippen molar-refractivity contribution < 1.29 is 15.0 Å². The fourth-order valence-electron chi connectivity index (χ4n) is 4.45. The van der Waals surface area contributed by atoms with Gasteiger partial charge in [-0.3, -0.25) is 9.89 Å². The number of hydrogen-bond donors (Lipinski definition) is 3. The van der Waals surface area contributed by atoms with Gasteiger partial charge in [0, 0.05) is 5.56 Å². The van der Waals surface area contributed by atoms with Crippen molar-refractivity contribution in [2.75, 3.05) is 0 Å². The molecule has 194 valence electrons. The van der Waals surface area contributed by atoms with Crippen LogP contribution in [-0.4, -0.2) is 26.0 Å². The third kappa shape index (κ3) is 5.00. The Labute approximate surface area is 224 Å². The summed E-state index contributed by atoms with van der Waals surface area (Å²) in [7, 11) is 0. The number of rotatable bonds is 6. The Balaban J connectivity index is 1.46. The lowest BCUT2D eigenvalue weighted by Crippen LogP contribution is -2.14. The molecule has 0 aliphatic heterocycles. The number of hydrogen-bond acceptors (Lipinski definition) is 5. The van der Waals surface area contributed by atoms with Gasteiger partial charge in [-0.25, -0.2) is 9.48 Å². The van der Waals surface area contributed by atoms with E-state index in [-0.39, 0.29) is 28.2 Å². The third-order valence-electron chi connectivity index (χ3n) is 6.56. The van der Waals surface area contributed by atoms with Gasteiger partial charge in [0.25, 0.3) is 5.56 Å². The highest BCUT2D eigenvalue weighted by atomic mass is 16.4. The van der Waals surface area contributed by atoms with Gasteiger partial charge in [0.1, 0.15) is 5.69 Å². The van der Waals surface area contributed by atoms with Gasteiger partial charge in [-0.1, -0.05) is 60.2 Å². The SMILES string of the molecule is Cc1ccc(-c2ccc(-n3[nH]c(C)c(N=Nc4cccc(-c5cccc(C(=O)O)c5)c4O)c3=O)cc2C)cc1. The molecule has 39 heavy (non-hydrogen) atoms. The number of phenols is 1. The number of aromatic amines is 1. The minimum Gasteiger partial charge on any atom is -0.505 e. The lowest BCUT2D eigenvalue weighted by molar-refractivity contribution is 0.0697. The Bertz CT molecular complexity index is 1800. The molecule has 8 heteroatoms. The van der Waals surface area contributed by atoms with Gasteiger partial charge in [-0.15, -0.1) is 10.2 Å². The average molecular weight is 519 g/mol. The zero-order valence-electron chi connectivity index (χ0n) is 21.6. The number of carboxylic acid groups (broad SMARTS) is 1. The topological polar surface area (TPSA) is 120 Å². The number of H-pyrrole nitrogens is 1. The van der Waals surface area contributed by atoms with Gasteiger partial charge in [0.05, 0.1) is 16.9 Å². The summed E-state index contributed by atoms with van der Waals surface area (Å²) in [5, 5.41) is 31.5. The number of para-hydroxylation sites is 1. The standard InChI is InChI=1S/C31H26N4O4/c1-18-10-12-21(13-11-18)25-15-14-24(16-19(25)2)35-30(37)28(20(3)34-35)33-32-27-9-5-8-26(29(27)36)22-6-4-7-23(17-22)31(38)39/h4-17,34,36H,1-3H3,(H,38,39). The maximum absolute atomic E-state index is 13.2. The van der Waals surface area contributed by atoms with Gasteiger partial charge in [-0.2, -0.15) is 0 Å². The minimum absolute atomic E-state index is 0.101. The molecule has 0 unspecified atom stereocenters. The monoisotopic (exact) mass is 518 g/mol. The van der Waals surface area contributed by atoms with Crippen molar-refractivity contribution in [2.24, 2.45) is 10.2 Å². The van der Waals surface area contributed by atoms with Crippen molar-refractivity contribution in [3.05, 3.63) is 118 Å². The first-order valence-corrected chi connectivity index (χ1v) is 12.3. The summed E-state index contributed by atoms with van der Waals surface area (Å²) in [5.41, 5.74) is 6.51. The number of azo groups is 1. The van der Waals surface area contributed by atoms with Crippen LogP contribution in [0, 0.1) is 20.8 Å². The van der Waals surface area contributed by atoms with Crippen LogP contribution in [0.5, 0.6) is 5.75 Å². The Morgan fingerprint density at radius 1 is 0.821 bits per heavy atom. The number of phenolic OH excluding ortho intramolecular Hbond substituents is 1. The van der Waals surface area contributed by atoms with Crippen LogP contribution < -0.4 is 5.56 Å². The molecule has 0 bridgehead atoms. The van der Waals surface area contributed by atoms with E-state index in [4.69, 9.17) is 0 Å². The van der Waals surface area contributed by atoms with Crippen LogP contribution in [0.3, 0.4) is 0 Å². The molecular weight excluding hydrogens is 492 g/mol. The summed E-state index contributed by atoms with van der Waals surface area (Å²) in [5.74, 6) is -1.23. The van der Waals surface area contributed by atoms with Crippen LogP contribution >= 0.6 is 0 Å². The highest BCUT2D eigenvalue weighted by molar-refractivity contribution is 5.90. The number of aromatic nitrogens is 2. The Morgan fingerprint density at radius 2 is 1.56 bits per heavy atom. The minimum atomic E-state index is -1.06. The summed E-state index contributed by atoms with van der Waals surface area (Å²) in [4.78, 5) is 24.6. The number of carbonyl (C=O) groups is 1. The predicted molar refractivity (Wildman–Crippen MR) is 151 cm³/mol. The van der Waals surface area contributed by atoms with Crippen LogP contribution in [0.25, 0.3) is 27.9 Å². The van der Waals surface area contributed by atoms with E-state index >= 15 is 0 Å². The summed E-state index contributed by atoms with van der Waals surface area (Å²) < 4.78 is 1.42. The van der Waals surface area contributed by atoms with E-state index in [1.54, 1.807) is 37.3 Å². The van der Waals surface area contributed by atoms with Gasteiger partial charge < -0.3 is 10.2 Å². The first-order valence-electron chi connectivity index (χ1n) is 12.3. The van der Waals surface area contributed by atoms with Crippen LogP contribution in [-0.2, 0) is 0 Å². The number of carboxylic acids is 1. The molecule has 3 N–H and O–H groups in total. The molecule has 5 aromatic rings. The normalized spacial score (nSPS) is 11.3. The highest BCUT2D eigenvalue weighted by Crippen LogP contribution is 2.38. The molecule has 8 nitrogen and oxygen atoms in total. The molecule has 5 rings (SSSR count). The first kappa shape index (κ1) is 25.4. The molecule has 0 saturated heterocycles. The van der Waals surface area contributed by atoms with E-state index < -0.39 is 5.97 Å². The van der Waals surface area contributed by atoms with E-state index in [2.05, 4.69) is 39.6 Å². The molecule has 0 fully saturated rings. The van der Waals surface area contributed by atoms with Gasteiger partial charge in [0.15, 0.2) is 11.4 Å². The molecule has 0 aliphatic rings. The zero-order chi connectivity index (χ0) is 27.7. The molecule has 0 aliphatic carbocycles. The predicted octanol–water partition coefficient (Wildman–Crippen LogP) is 7.24. The Hall–Kier alpha value is -5.24. The molecule has 0 amide bonds. The number of nitrogens with one attached hydrogen (secondary N) is 1. The number of aryl methyl sites for hydroxylation is 3. The molecule has 1 aromatic heterocycles. The molecule has 0 atom stereocenters. The van der Waals surface area contributed by atoms with E-state index in [1.165, 1.54) is 22.4 Å². The maximum atomic E-state index is 13.2. The Morgan fingerprint density at radius 3 is 2.28 bits per heavy atom. The van der Waals surface area contributed by atoms with E-state index in [9.17, 15) is 19.8 Å². The smallest absolute Gasteiger partial charge is 0.335 e. The maximum Gasteiger partial charge on any atom is 0.335 e. The fourth-order valence-corrected chi connectivity index (χ4v) is 4.45. The van der Waals surface area contributed by atoms with Crippen LogP contribution in [0.2, 0.25) is 0 Å². The fraction of sp³-hybridized carbons (Fsp3) is 0.0968. The van der Waals surface area contributed by atoms with Crippen molar-refractivity contribution in [3.63, 3.8) is 0 Å². The molecule has 0 saturated carbocycles. The second-order valence-corrected chi connectivity index (χ2v) is 9.35. The molecule has 0 radical (unpaired) electrons. The highest BCUT2D eigenvalue weighted by Gasteiger charge is 2.15. The van der Waals surface area contributed by atoms with E-state index in [1.807, 2.05) is 32.0 Å². The second-order valence-electron chi connectivity index (χ2n) is 9.35. The number of aromatic hydroxyl groups is 1. The van der Waals surface area contributed by atoms with E-state index in [0.717, 1.165) is 16.7 Å². The van der Waals surface area contributed by atoms with Crippen molar-refractivity contribution in [1.82, 2.24) is 9.78 Å². The molecule has 4 aromatic carbocycles. The van der Waals surface area contributed by atoms with Crippen LogP contribution in [0.15, 0.2) is 100.0 Å². The largest absolute Gasteiger partial charge is 0.505 e. The van der Waals surface area contributed by atoms with Gasteiger partial charge >= 0.3 is 5.97 Å². The Kier molecular flexibility index (Phi) is 6.68. The van der Waals surface area contributed by atoms with Gasteiger partial charge in [-0.05, 0) is 73.4 Å². The second kappa shape index (κ2) is 10.3. The van der Waals surface area contributed by atoms with Crippen molar-refractivity contribution in [1.29, 1.82) is 0 Å². The average Bonchev–Trinajstić information content (AvgIpc) is 3.21. The number of benzene rings is 4. The van der Waals surface area contributed by atoms with Crippen LogP contribution in [0.4, 0.5) is 11.4 Å². The summed E-state index contributed by atoms with van der Waals surface area (Å²) in [6.45, 7) is 5.78. The summed E-state index contributed by atoms with van der Waals surface area (Å²) in [6.07, 6.45) is 0. The third-order valence-corrected chi connectivity index (χ3v) is 6.56. The molecule has 0 spiro atoms. The van der Waals surface area contributed by atoms with Crippen molar-refractivity contribution in [3.8, 4) is 33.7 Å². The van der Waals surface area contributed by atoms with Crippen molar-refractivity contribution >= 4 is 17.3 Å². The number of nitrogens with zero attached hydrogens (tertiary/aromatic N) is 3. The first-order chi connectivity index (χ1) is 18.7. The summed E-state index contributed by atoms with van der Waals surface area (Å²) >= 11 is 0. The lowest BCUT2D eigenvalue weighted by Gasteiger charge is -2.09. The summed E-state index contributed by atoms with van der Waals surface area (Å²) in [6, 6.07) is 25.2. The number of aromatic carboxylic acids is 1. The quantitative estimate of drug-likeness (QED) is 0.205. The van der Waals surface area contributed by atoms with Gasteiger partial charge in [0.2, 0.25) is 0 Å². The molecule has 1 heterocycles. The van der Waals surface area contributed by atoms with Crippen LogP contribution in [0.1, 0.15) is 27.2 Å². The van der Waals surface area contributed by atoms with E-state index in [0.29, 0.717) is 22.5 Å². The molecular formula is C31H26N4O4. The lowest BCUT2D eigenvalue weighted by atomic mass is 9.99. The van der Waals surface area contributed by atoms with Crippen molar-refractivity contribution in [2.45, 2.75) is 20.8 Å². The zero-order valence-corrected chi connectivity index (χ0v) is 21.6.